The number of rotatable bonds is 2. The molecule has 1 fully saturated rings. The molecule has 1 unspecified atom stereocenters. The number of piperidine rings is 1. The summed E-state index contributed by atoms with van der Waals surface area (Å²) >= 11 is 7.00. The van der Waals surface area contributed by atoms with Gasteiger partial charge in [-0.05, 0) is 30.8 Å². The highest BCUT2D eigenvalue weighted by Crippen LogP contribution is 2.21. The molecular weight excluding hydrogens is 234 g/mol. The van der Waals surface area contributed by atoms with Crippen LogP contribution in [0.5, 0.6) is 0 Å². The number of alkyl halides is 1. The minimum absolute atomic E-state index is 0.0235. The lowest BCUT2D eigenvalue weighted by Crippen LogP contribution is -2.44. The molecule has 0 aliphatic carbocycles. The predicted octanol–water partition coefficient (Wildman–Crippen LogP) is 1.77. The van der Waals surface area contributed by atoms with Gasteiger partial charge in [-0.1, -0.05) is 4.49 Å². The number of likely N-dealkylation sites (tertiary alicyclic amines) is 1. The lowest BCUT2D eigenvalue weighted by molar-refractivity contribution is 0.0644. The molecule has 1 atom stereocenters. The van der Waals surface area contributed by atoms with Crippen molar-refractivity contribution >= 4 is 29.0 Å². The normalized spacial score (nSPS) is 21.7. The molecule has 1 amide bonds. The third-order valence-electron chi connectivity index (χ3n) is 2.64. The fourth-order valence-electron chi connectivity index (χ4n) is 1.83. The van der Waals surface area contributed by atoms with Crippen molar-refractivity contribution in [3.63, 3.8) is 0 Å². The Balaban J connectivity index is 2.11. The molecule has 0 radical (unpaired) electrons. The van der Waals surface area contributed by atoms with Crippen molar-refractivity contribution in [1.29, 1.82) is 0 Å². The zero-order valence-electron chi connectivity index (χ0n) is 8.23. The molecule has 15 heavy (non-hydrogen) atoms. The number of nitrogens with zero attached hydrogens (tertiary/aromatic N) is 3. The summed E-state index contributed by atoms with van der Waals surface area (Å²) in [5.74, 6) is 0.535. The first kappa shape index (κ1) is 10.8. The van der Waals surface area contributed by atoms with Gasteiger partial charge in [-0.2, -0.15) is 0 Å². The molecule has 4 nitrogen and oxygen atoms in total. The molecule has 1 aromatic rings. The van der Waals surface area contributed by atoms with E-state index in [1.165, 1.54) is 6.20 Å². The summed E-state index contributed by atoms with van der Waals surface area (Å²) in [5, 5.41) is 3.68. The molecule has 1 saturated heterocycles. The zero-order valence-corrected chi connectivity index (χ0v) is 9.80. The Morgan fingerprint density at radius 3 is 3.20 bits per heavy atom. The van der Waals surface area contributed by atoms with E-state index in [0.717, 1.165) is 37.3 Å². The van der Waals surface area contributed by atoms with Crippen molar-refractivity contribution in [2.75, 3.05) is 12.4 Å². The lowest BCUT2D eigenvalue weighted by atomic mass is 10.0. The highest BCUT2D eigenvalue weighted by Gasteiger charge is 2.27. The summed E-state index contributed by atoms with van der Waals surface area (Å²) < 4.78 is 3.70. The highest BCUT2D eigenvalue weighted by atomic mass is 35.5. The summed E-state index contributed by atoms with van der Waals surface area (Å²) in [5.41, 5.74) is 0. The topological polar surface area (TPSA) is 46.1 Å². The lowest BCUT2D eigenvalue weighted by Gasteiger charge is -2.34. The van der Waals surface area contributed by atoms with Crippen LogP contribution >= 0.6 is 23.1 Å². The summed E-state index contributed by atoms with van der Waals surface area (Å²) in [6, 6.07) is 0.176. The zero-order chi connectivity index (χ0) is 10.7. The Hall–Kier alpha value is -0.680. The van der Waals surface area contributed by atoms with Crippen LogP contribution in [0.15, 0.2) is 6.20 Å². The van der Waals surface area contributed by atoms with Gasteiger partial charge < -0.3 is 4.90 Å². The molecule has 0 spiro atoms. The fourth-order valence-corrected chi connectivity index (χ4v) is 2.62. The molecule has 0 bridgehead atoms. The molecule has 1 aliphatic heterocycles. The molecule has 1 aromatic heterocycles. The maximum atomic E-state index is 12.0. The van der Waals surface area contributed by atoms with Crippen LogP contribution in [0.4, 0.5) is 0 Å². The van der Waals surface area contributed by atoms with Crippen LogP contribution in [-0.4, -0.2) is 38.9 Å². The Kier molecular flexibility index (Phi) is 3.53. The maximum absolute atomic E-state index is 12.0. The van der Waals surface area contributed by atoms with E-state index in [0.29, 0.717) is 10.8 Å². The van der Waals surface area contributed by atoms with Crippen molar-refractivity contribution in [2.45, 2.75) is 25.3 Å². The van der Waals surface area contributed by atoms with Crippen LogP contribution in [-0.2, 0) is 0 Å². The van der Waals surface area contributed by atoms with Crippen molar-refractivity contribution < 1.29 is 4.79 Å². The van der Waals surface area contributed by atoms with Crippen LogP contribution in [0.1, 0.15) is 28.9 Å². The highest BCUT2D eigenvalue weighted by molar-refractivity contribution is 7.07. The maximum Gasteiger partial charge on any atom is 0.267 e. The van der Waals surface area contributed by atoms with Gasteiger partial charge in [0, 0.05) is 18.5 Å². The number of hydrogen-bond donors (Lipinski definition) is 0. The van der Waals surface area contributed by atoms with E-state index in [1.807, 2.05) is 4.90 Å². The van der Waals surface area contributed by atoms with E-state index in [-0.39, 0.29) is 11.9 Å². The molecule has 1 aliphatic rings. The summed E-state index contributed by atoms with van der Waals surface area (Å²) in [6.45, 7) is 0.800. The van der Waals surface area contributed by atoms with Gasteiger partial charge in [0.25, 0.3) is 5.91 Å². The molecule has 0 N–H and O–H groups in total. The van der Waals surface area contributed by atoms with Crippen LogP contribution < -0.4 is 0 Å². The van der Waals surface area contributed by atoms with E-state index < -0.39 is 0 Å². The average Bonchev–Trinajstić information content (AvgIpc) is 2.81. The number of hydrogen-bond acceptors (Lipinski definition) is 4. The molecule has 2 rings (SSSR count). The van der Waals surface area contributed by atoms with Crippen molar-refractivity contribution in [2.24, 2.45) is 0 Å². The standard InChI is InChI=1S/C9H12ClN3OS/c10-5-7-3-1-2-4-13(7)9(14)8-6-11-12-15-8/h6-7H,1-5H2. The van der Waals surface area contributed by atoms with Crippen molar-refractivity contribution in [1.82, 2.24) is 14.5 Å². The van der Waals surface area contributed by atoms with Crippen molar-refractivity contribution in [3.05, 3.63) is 11.1 Å². The summed E-state index contributed by atoms with van der Waals surface area (Å²) in [7, 11) is 0. The second-order valence-corrected chi connectivity index (χ2v) is 4.68. The minimum Gasteiger partial charge on any atom is -0.334 e. The third kappa shape index (κ3) is 2.29. The van der Waals surface area contributed by atoms with Gasteiger partial charge in [-0.25, -0.2) is 0 Å². The Morgan fingerprint density at radius 2 is 2.53 bits per heavy atom. The number of carbonyl (C=O) groups excluding carboxylic acids is 1. The van der Waals surface area contributed by atoms with Gasteiger partial charge in [-0.3, -0.25) is 4.79 Å². The molecular formula is C9H12ClN3OS. The van der Waals surface area contributed by atoms with Crippen LogP contribution in [0.2, 0.25) is 0 Å². The average molecular weight is 246 g/mol. The van der Waals surface area contributed by atoms with Crippen LogP contribution in [0.3, 0.4) is 0 Å². The first-order chi connectivity index (χ1) is 7.33. The summed E-state index contributed by atoms with van der Waals surface area (Å²) in [6.07, 6.45) is 4.74. The number of amides is 1. The molecule has 0 saturated carbocycles. The third-order valence-corrected chi connectivity index (χ3v) is 3.65. The van der Waals surface area contributed by atoms with E-state index in [1.54, 1.807) is 0 Å². The Labute approximate surface area is 97.4 Å². The largest absolute Gasteiger partial charge is 0.334 e. The van der Waals surface area contributed by atoms with Gasteiger partial charge in [-0.15, -0.1) is 16.7 Å². The van der Waals surface area contributed by atoms with E-state index >= 15 is 0 Å². The fraction of sp³-hybridized carbons (Fsp3) is 0.667. The minimum atomic E-state index is 0.0235. The smallest absolute Gasteiger partial charge is 0.267 e. The molecule has 6 heteroatoms. The van der Waals surface area contributed by atoms with E-state index in [4.69, 9.17) is 11.6 Å². The first-order valence-electron chi connectivity index (χ1n) is 4.97. The van der Waals surface area contributed by atoms with E-state index in [9.17, 15) is 4.79 Å². The van der Waals surface area contributed by atoms with Crippen molar-refractivity contribution in [3.8, 4) is 0 Å². The molecule has 0 aromatic carbocycles. The Morgan fingerprint density at radius 1 is 1.67 bits per heavy atom. The second kappa shape index (κ2) is 4.90. The molecule has 2 heterocycles. The monoisotopic (exact) mass is 245 g/mol. The number of aromatic nitrogens is 2. The number of halogens is 1. The second-order valence-electron chi connectivity index (χ2n) is 3.58. The quantitative estimate of drug-likeness (QED) is 0.746. The van der Waals surface area contributed by atoms with E-state index in [2.05, 4.69) is 9.59 Å². The summed E-state index contributed by atoms with van der Waals surface area (Å²) in [4.78, 5) is 14.5. The van der Waals surface area contributed by atoms with Crippen LogP contribution in [0.25, 0.3) is 0 Å². The van der Waals surface area contributed by atoms with Gasteiger partial charge in [0.15, 0.2) is 0 Å². The first-order valence-corrected chi connectivity index (χ1v) is 6.28. The predicted molar refractivity (Wildman–Crippen MR) is 59.3 cm³/mol. The molecule has 82 valence electrons. The Bertz CT molecular complexity index is 330. The van der Waals surface area contributed by atoms with Gasteiger partial charge in [0.1, 0.15) is 4.88 Å². The van der Waals surface area contributed by atoms with Gasteiger partial charge in [0.05, 0.1) is 6.20 Å². The van der Waals surface area contributed by atoms with Gasteiger partial charge in [0.2, 0.25) is 0 Å². The number of carbonyl (C=O) groups is 1. The van der Waals surface area contributed by atoms with Gasteiger partial charge >= 0.3 is 0 Å². The SMILES string of the molecule is O=C(c1cnns1)N1CCCCC1CCl. The van der Waals surface area contributed by atoms with Crippen LogP contribution in [0, 0.1) is 0 Å².